The van der Waals surface area contributed by atoms with Gasteiger partial charge in [0.25, 0.3) is 0 Å². The van der Waals surface area contributed by atoms with Crippen molar-refractivity contribution >= 4 is 132 Å². The van der Waals surface area contributed by atoms with Gasteiger partial charge in [-0.05, 0) is 48.9 Å². The molecule has 1 fully saturated rings. The second-order valence-electron chi connectivity index (χ2n) is 17.4. The molecule has 1 saturated heterocycles. The Morgan fingerprint density at radius 2 is 1.47 bits per heavy atom. The molecule has 28 heteroatoms. The number of nitrogens with two attached hydrogens (primary N) is 3. The van der Waals surface area contributed by atoms with E-state index in [0.29, 0.717) is 37.1 Å². The fourth-order valence-corrected chi connectivity index (χ4v) is 11.0. The molecule has 4 aromatic rings. The van der Waals surface area contributed by atoms with Crippen LogP contribution in [-0.2, 0) is 57.6 Å². The number of amides is 8. The summed E-state index contributed by atoms with van der Waals surface area (Å²) in [5, 5.41) is 17.0. The van der Waals surface area contributed by atoms with Crippen LogP contribution in [0, 0.1) is 0 Å². The van der Waals surface area contributed by atoms with E-state index in [4.69, 9.17) is 63.6 Å². The quantitative estimate of drug-likeness (QED) is 0.0161. The summed E-state index contributed by atoms with van der Waals surface area (Å²) in [5.74, 6) is -5.52. The maximum Gasteiger partial charge on any atom is 0.245 e. The molecule has 0 saturated carbocycles. The number of aliphatic imine (C=N–C) groups is 1. The third-order valence-electron chi connectivity index (χ3n) is 11.7. The van der Waals surface area contributed by atoms with E-state index in [-0.39, 0.29) is 101 Å². The highest BCUT2D eigenvalue weighted by atomic mass is 35.5. The van der Waals surface area contributed by atoms with E-state index in [2.05, 4.69) is 51.8 Å². The van der Waals surface area contributed by atoms with Gasteiger partial charge in [-0.1, -0.05) is 92.6 Å². The zero-order chi connectivity index (χ0) is 54.6. The molecule has 0 spiro atoms. The molecule has 8 amide bonds. The third kappa shape index (κ3) is 19.0. The summed E-state index contributed by atoms with van der Waals surface area (Å²) in [6, 6.07) is 1.75. The van der Waals surface area contributed by atoms with E-state index < -0.39 is 78.1 Å². The number of fused-ring (bicyclic) bond motifs is 1. The number of hydrogen-bond donors (Lipinski definition) is 11. The number of guanidine groups is 1. The van der Waals surface area contributed by atoms with Crippen LogP contribution in [0.1, 0.15) is 62.3 Å². The van der Waals surface area contributed by atoms with Gasteiger partial charge in [-0.3, -0.25) is 43.3 Å². The Balaban J connectivity index is 1.57. The minimum Gasteiger partial charge on any atom is -0.370 e. The Morgan fingerprint density at radius 1 is 0.787 bits per heavy atom. The molecular weight excluding hydrogens is 1090 g/mol. The molecule has 3 heterocycles. The van der Waals surface area contributed by atoms with Crippen molar-refractivity contribution in [2.45, 2.75) is 94.9 Å². The fourth-order valence-electron chi connectivity index (χ4n) is 7.91. The van der Waals surface area contributed by atoms with Crippen molar-refractivity contribution in [3.63, 3.8) is 0 Å². The number of imidazole rings is 1. The lowest BCUT2D eigenvalue weighted by Crippen LogP contribution is -2.60. The van der Waals surface area contributed by atoms with Gasteiger partial charge in [0.2, 0.25) is 47.3 Å². The van der Waals surface area contributed by atoms with Crippen molar-refractivity contribution in [3.05, 3.63) is 86.0 Å². The van der Waals surface area contributed by atoms with Crippen molar-refractivity contribution in [3.8, 4) is 0 Å². The van der Waals surface area contributed by atoms with Crippen LogP contribution in [0.5, 0.6) is 0 Å². The smallest absolute Gasteiger partial charge is 0.245 e. The van der Waals surface area contributed by atoms with Crippen LogP contribution < -0.4 is 49.1 Å². The van der Waals surface area contributed by atoms with Gasteiger partial charge in [-0.15, -0.1) is 0 Å². The molecule has 2 aromatic heterocycles. The summed E-state index contributed by atoms with van der Waals surface area (Å²) in [6.45, 7) is 1.32. The molecule has 5 atom stereocenters. The van der Waals surface area contributed by atoms with Crippen LogP contribution in [0.4, 0.5) is 0 Å². The maximum atomic E-state index is 14.8. The zero-order valence-electron chi connectivity index (χ0n) is 40.8. The summed E-state index contributed by atoms with van der Waals surface area (Å²) in [5.41, 5.74) is 18.9. The number of hydrogen-bond acceptors (Lipinski definition) is 12. The predicted octanol–water partition coefficient (Wildman–Crippen LogP) is 2.42. The average molecular weight is 1160 g/mol. The Morgan fingerprint density at radius 3 is 2.17 bits per heavy atom. The van der Waals surface area contributed by atoms with Crippen LogP contribution in [-0.4, -0.2) is 141 Å². The van der Waals surface area contributed by atoms with Gasteiger partial charge >= 0.3 is 0 Å². The van der Waals surface area contributed by atoms with E-state index in [0.717, 1.165) is 10.9 Å². The number of primary amides is 1. The van der Waals surface area contributed by atoms with E-state index in [1.165, 1.54) is 52.0 Å². The number of nitrogens with zero attached hydrogens (tertiary/aromatic N) is 3. The monoisotopic (exact) mass is 1150 g/mol. The predicted molar refractivity (Wildman–Crippen MR) is 292 cm³/mol. The first-order valence-electron chi connectivity index (χ1n) is 23.8. The normalized spacial score (nSPS) is 19.6. The summed E-state index contributed by atoms with van der Waals surface area (Å²) in [4.78, 5) is 126. The van der Waals surface area contributed by atoms with Crippen molar-refractivity contribution in [2.75, 3.05) is 37.7 Å². The molecule has 5 rings (SSSR count). The molecule has 75 heavy (non-hydrogen) atoms. The van der Waals surface area contributed by atoms with Crippen LogP contribution in [0.25, 0.3) is 10.9 Å². The number of rotatable bonds is 19. The summed E-state index contributed by atoms with van der Waals surface area (Å²) < 4.78 is 0. The average Bonchev–Trinajstić information content (AvgIpc) is 4.04. The molecule has 14 N–H and O–H groups in total. The highest BCUT2D eigenvalue weighted by Crippen LogP contribution is 2.38. The molecule has 2 aromatic carbocycles. The van der Waals surface area contributed by atoms with E-state index in [9.17, 15) is 38.4 Å². The lowest BCUT2D eigenvalue weighted by atomic mass is 10.0. The van der Waals surface area contributed by atoms with Crippen LogP contribution in [0.3, 0.4) is 0 Å². The van der Waals surface area contributed by atoms with Gasteiger partial charge in [0.1, 0.15) is 30.2 Å². The first kappa shape index (κ1) is 60.0. The Kier molecular flexibility index (Phi) is 24.0. The topological polar surface area (TPSA) is 347 Å². The van der Waals surface area contributed by atoms with E-state index in [1.54, 1.807) is 6.20 Å². The molecule has 0 bridgehead atoms. The van der Waals surface area contributed by atoms with Gasteiger partial charge in [0.05, 0.1) is 33.0 Å². The van der Waals surface area contributed by atoms with E-state index >= 15 is 0 Å². The minimum atomic E-state index is -1.58. The molecule has 0 unspecified atom stereocenters. The Labute approximate surface area is 460 Å². The van der Waals surface area contributed by atoms with Crippen molar-refractivity contribution in [1.82, 2.24) is 51.8 Å². The molecule has 0 radical (unpaired) electrons. The number of unbranched alkanes of at least 4 members (excludes halogenated alkanes) is 2. The number of carbonyl (C=O) groups excluding carboxylic acids is 8. The summed E-state index contributed by atoms with van der Waals surface area (Å²) in [7, 11) is 2.42. The van der Waals surface area contributed by atoms with Gasteiger partial charge in [-0.2, -0.15) is 0 Å². The number of carbonyl (C=O) groups is 8. The largest absolute Gasteiger partial charge is 0.370 e. The highest BCUT2D eigenvalue weighted by Gasteiger charge is 2.35. The molecule has 0 aliphatic carbocycles. The number of para-hydroxylation sites is 1. The van der Waals surface area contributed by atoms with Gasteiger partial charge in [-0.25, -0.2) is 4.98 Å². The Bertz CT molecular complexity index is 2690. The number of aromatic nitrogens is 3. The molecule has 1 aliphatic heterocycles. The standard InChI is InChI=1S/C47H60Cl4N14O8S2/c1-25(66)56-12-6-2-3-11-38(68)60-36-23-75-74-15-14-65(22-37(52)67)46(73)35(18-27-20-58-31-9-5-4-8-29(27)31)64-42(69)32(10-7-13-57-47(53)54)61-43(70)33(17-26-16-30(48)40(50)41(51)39(26)49)62-44(71)34(63-45(36)72)19-28-21-55-24-59-28/h4-5,8-9,16,20-21,24,32-36,58H,2-3,6-7,10-15,17-19,22-23H2,1H3,(H2,52,67)(H,55,59)(H,56,66)(H,60,68)(H,61,70)(H,62,71)(H,63,72)(H,64,69)(H4,53,54,57)/t32-,33+,34-,35-,36-/m0/s1. The second kappa shape index (κ2) is 30.0. The number of nitrogens with one attached hydrogen (secondary N) is 8. The number of H-pyrrole nitrogens is 2. The molecule has 22 nitrogen and oxygen atoms in total. The second-order valence-corrected chi connectivity index (χ2v) is 21.6. The Hall–Kier alpha value is -5.92. The van der Waals surface area contributed by atoms with E-state index in [1.807, 2.05) is 24.3 Å². The number of halogens is 4. The van der Waals surface area contributed by atoms with Crippen molar-refractivity contribution in [1.29, 1.82) is 0 Å². The number of aromatic amines is 2. The third-order valence-corrected chi connectivity index (χ3v) is 15.9. The SMILES string of the molecule is CC(=O)NCCCCCC(=O)N[C@H]1CSSCCN(CC(N)=O)C(=O)[C@H](Cc2c[nH]c3ccccc23)NC(=O)[C@H](CCCN=C(N)N)NC(=O)[C@@H](Cc2cc(Cl)c(Cl)c(Cl)c2Cl)NC(=O)[C@H](Cc2cnc[nH]2)NC1=O. The van der Waals surface area contributed by atoms with Gasteiger partial charge in [0.15, 0.2) is 5.96 Å². The molecule has 406 valence electrons. The lowest BCUT2D eigenvalue weighted by Gasteiger charge is -2.30. The molecular formula is C47H60Cl4N14O8S2. The number of benzene rings is 2. The summed E-state index contributed by atoms with van der Waals surface area (Å²) in [6.07, 6.45) is 5.68. The van der Waals surface area contributed by atoms with Gasteiger partial charge < -0.3 is 64.0 Å². The fraction of sp³-hybridized carbons (Fsp3) is 0.447. The van der Waals surface area contributed by atoms with Gasteiger partial charge in [0, 0.05) is 92.7 Å². The first-order valence-corrected chi connectivity index (χ1v) is 27.8. The zero-order valence-corrected chi connectivity index (χ0v) is 45.4. The minimum absolute atomic E-state index is 0.0218. The van der Waals surface area contributed by atoms with Crippen molar-refractivity contribution in [2.24, 2.45) is 22.2 Å². The lowest BCUT2D eigenvalue weighted by molar-refractivity contribution is -0.139. The van der Waals surface area contributed by atoms with Crippen LogP contribution >= 0.6 is 68.0 Å². The maximum absolute atomic E-state index is 14.8. The highest BCUT2D eigenvalue weighted by molar-refractivity contribution is 8.76. The first-order chi connectivity index (χ1) is 35.8. The van der Waals surface area contributed by atoms with Crippen LogP contribution in [0.2, 0.25) is 20.1 Å². The molecule has 1 aliphatic rings. The van der Waals surface area contributed by atoms with Crippen molar-refractivity contribution < 1.29 is 38.4 Å². The summed E-state index contributed by atoms with van der Waals surface area (Å²) >= 11 is 25.9. The van der Waals surface area contributed by atoms with Crippen LogP contribution in [0.15, 0.2) is 54.0 Å².